The third-order valence-corrected chi connectivity index (χ3v) is 6.58. The molecule has 6 atom stereocenters. The van der Waals surface area contributed by atoms with Gasteiger partial charge in [-0.1, -0.05) is 37.3 Å². The van der Waals surface area contributed by atoms with Crippen molar-refractivity contribution in [3.05, 3.63) is 42.0 Å². The molecule has 24 heavy (non-hydrogen) atoms. The predicted octanol–water partition coefficient (Wildman–Crippen LogP) is 2.67. The number of nitrogens with one attached hydrogen (secondary N) is 1. The summed E-state index contributed by atoms with van der Waals surface area (Å²) in [5, 5.41) is 3.31. The lowest BCUT2D eigenvalue weighted by atomic mass is 9.63. The van der Waals surface area contributed by atoms with Crippen molar-refractivity contribution in [2.24, 2.45) is 35.5 Å². The Labute approximate surface area is 141 Å². The van der Waals surface area contributed by atoms with Crippen molar-refractivity contribution in [1.82, 2.24) is 4.90 Å². The molecule has 1 N–H and O–H groups in total. The molecule has 1 aromatic carbocycles. The van der Waals surface area contributed by atoms with Crippen molar-refractivity contribution in [2.75, 3.05) is 12.0 Å². The number of benzene rings is 1. The summed E-state index contributed by atoms with van der Waals surface area (Å²) in [6.45, 7) is 2.40. The maximum absolute atomic E-state index is 12.9. The van der Waals surface area contributed by atoms with Gasteiger partial charge in [0.05, 0.1) is 18.5 Å². The van der Waals surface area contributed by atoms with E-state index in [1.165, 1.54) is 16.9 Å². The van der Waals surface area contributed by atoms with Crippen molar-refractivity contribution in [3.63, 3.8) is 0 Å². The number of rotatable bonds is 4. The Morgan fingerprint density at radius 3 is 2.29 bits per heavy atom. The highest BCUT2D eigenvalue weighted by atomic mass is 16.2. The zero-order valence-corrected chi connectivity index (χ0v) is 13.8. The molecule has 2 amide bonds. The molecule has 4 nitrogen and oxygen atoms in total. The van der Waals surface area contributed by atoms with Crippen LogP contribution in [0, 0.1) is 35.5 Å². The van der Waals surface area contributed by atoms with Gasteiger partial charge in [0.15, 0.2) is 0 Å². The normalized spacial score (nSPS) is 38.3. The molecule has 5 aliphatic rings. The van der Waals surface area contributed by atoms with Crippen molar-refractivity contribution in [1.29, 1.82) is 0 Å². The monoisotopic (exact) mass is 322 g/mol. The number of carbonyl (C=O) groups excluding carboxylic acids is 2. The van der Waals surface area contributed by atoms with E-state index in [2.05, 4.69) is 30.5 Å². The molecule has 1 aliphatic heterocycles. The number of carbonyl (C=O) groups is 2. The van der Waals surface area contributed by atoms with E-state index in [4.69, 9.17) is 0 Å². The highest BCUT2D eigenvalue weighted by Gasteiger charge is 2.66. The van der Waals surface area contributed by atoms with E-state index in [-0.39, 0.29) is 30.3 Å². The average Bonchev–Trinajstić information content (AvgIpc) is 3.39. The van der Waals surface area contributed by atoms with Crippen LogP contribution in [0.15, 0.2) is 36.4 Å². The summed E-state index contributed by atoms with van der Waals surface area (Å²) in [7, 11) is 0. The van der Waals surface area contributed by atoms with Crippen LogP contribution in [0.4, 0.5) is 5.69 Å². The molecular formula is C20H22N2O2. The number of anilines is 1. The third kappa shape index (κ3) is 1.80. The largest absolute Gasteiger partial charge is 0.367 e. The average molecular weight is 322 g/mol. The van der Waals surface area contributed by atoms with Crippen LogP contribution in [0.2, 0.25) is 0 Å². The van der Waals surface area contributed by atoms with Crippen molar-refractivity contribution in [3.8, 4) is 0 Å². The number of imide groups is 1. The van der Waals surface area contributed by atoms with Gasteiger partial charge in [0.1, 0.15) is 0 Å². The third-order valence-electron chi connectivity index (χ3n) is 6.58. The number of para-hydroxylation sites is 1. The minimum atomic E-state index is -0.0977. The van der Waals surface area contributed by atoms with Gasteiger partial charge in [-0.15, -0.1) is 0 Å². The number of hydrogen-bond donors (Lipinski definition) is 1. The Morgan fingerprint density at radius 2 is 1.67 bits per heavy atom. The van der Waals surface area contributed by atoms with Gasteiger partial charge in [-0.05, 0) is 48.1 Å². The molecule has 0 spiro atoms. The molecule has 1 aromatic rings. The van der Waals surface area contributed by atoms with E-state index in [1.807, 2.05) is 18.2 Å². The quantitative estimate of drug-likeness (QED) is 0.685. The van der Waals surface area contributed by atoms with Crippen LogP contribution in [0.3, 0.4) is 0 Å². The smallest absolute Gasteiger partial charge is 0.235 e. The van der Waals surface area contributed by atoms with Crippen LogP contribution >= 0.6 is 0 Å². The van der Waals surface area contributed by atoms with Gasteiger partial charge in [0, 0.05) is 5.69 Å². The molecule has 0 unspecified atom stereocenters. The van der Waals surface area contributed by atoms with E-state index < -0.39 is 0 Å². The predicted molar refractivity (Wildman–Crippen MR) is 90.9 cm³/mol. The lowest BCUT2D eigenvalue weighted by Crippen LogP contribution is -2.40. The SMILES string of the molecule is CCc1ccccc1NCN1C(=O)[C@H]2[C@@H]3C=C[C@H]([C@H]4C[C@H]34)[C@@H]2C1=O. The van der Waals surface area contributed by atoms with Gasteiger partial charge in [-0.2, -0.15) is 0 Å². The number of nitrogens with zero attached hydrogens (tertiary/aromatic N) is 1. The zero-order chi connectivity index (χ0) is 16.4. The standard InChI is InChI=1S/C20H22N2O2/c1-2-11-5-3-4-6-16(11)21-10-22-19(23)17-12-7-8-13(15-9-14(12)15)18(17)20(22)24/h3-8,12-15,17-18,21H,2,9-10H2,1H3/t12-,13-,14-,15-,17+,18+/m1/s1. The molecule has 4 heteroatoms. The lowest BCUT2D eigenvalue weighted by Gasteiger charge is -2.37. The molecule has 1 heterocycles. The van der Waals surface area contributed by atoms with E-state index in [1.54, 1.807) is 0 Å². The molecule has 0 aromatic heterocycles. The summed E-state index contributed by atoms with van der Waals surface area (Å²) >= 11 is 0. The summed E-state index contributed by atoms with van der Waals surface area (Å²) in [4.78, 5) is 27.3. The molecule has 0 radical (unpaired) electrons. The highest BCUT2D eigenvalue weighted by Crippen LogP contribution is 2.65. The topological polar surface area (TPSA) is 49.4 Å². The molecule has 6 rings (SSSR count). The molecule has 2 saturated carbocycles. The van der Waals surface area contributed by atoms with Crippen molar-refractivity contribution in [2.45, 2.75) is 19.8 Å². The van der Waals surface area contributed by atoms with E-state index >= 15 is 0 Å². The summed E-state index contributed by atoms with van der Waals surface area (Å²) < 4.78 is 0. The van der Waals surface area contributed by atoms with Gasteiger partial charge in [-0.25, -0.2) is 0 Å². The Morgan fingerprint density at radius 1 is 1.04 bits per heavy atom. The van der Waals surface area contributed by atoms with Gasteiger partial charge in [-0.3, -0.25) is 14.5 Å². The fraction of sp³-hybridized carbons (Fsp3) is 0.500. The Bertz CT molecular complexity index is 720. The van der Waals surface area contributed by atoms with Gasteiger partial charge in [0.25, 0.3) is 0 Å². The first kappa shape index (κ1) is 14.3. The minimum absolute atomic E-state index is 0.0381. The molecular weight excluding hydrogens is 300 g/mol. The Balaban J connectivity index is 1.37. The Hall–Kier alpha value is -2.10. The number of amides is 2. The van der Waals surface area contributed by atoms with Crippen LogP contribution in [0.1, 0.15) is 18.9 Å². The van der Waals surface area contributed by atoms with Crippen molar-refractivity contribution >= 4 is 17.5 Å². The number of aryl methyl sites for hydroxylation is 1. The lowest BCUT2D eigenvalue weighted by molar-refractivity contribution is -0.139. The van der Waals surface area contributed by atoms with Gasteiger partial charge in [0.2, 0.25) is 11.8 Å². The summed E-state index contributed by atoms with van der Waals surface area (Å²) in [5.41, 5.74) is 2.22. The van der Waals surface area contributed by atoms with Gasteiger partial charge >= 0.3 is 0 Å². The molecule has 3 fully saturated rings. The number of allylic oxidation sites excluding steroid dienone is 2. The second kappa shape index (κ2) is 4.95. The fourth-order valence-corrected chi connectivity index (χ4v) is 5.34. The van der Waals surface area contributed by atoms with E-state index in [0.717, 1.165) is 12.1 Å². The highest BCUT2D eigenvalue weighted by molar-refractivity contribution is 6.06. The molecule has 1 saturated heterocycles. The van der Waals surface area contributed by atoms with Crippen LogP contribution < -0.4 is 5.32 Å². The first-order chi connectivity index (χ1) is 11.7. The second-order valence-electron chi connectivity index (χ2n) is 7.60. The summed E-state index contributed by atoms with van der Waals surface area (Å²) in [5.74, 6) is 1.80. The summed E-state index contributed by atoms with van der Waals surface area (Å²) in [6, 6.07) is 8.08. The van der Waals surface area contributed by atoms with Crippen LogP contribution in [0.5, 0.6) is 0 Å². The number of likely N-dealkylation sites (tertiary alicyclic amines) is 1. The molecule has 2 bridgehead atoms. The van der Waals surface area contributed by atoms with Crippen LogP contribution in [-0.4, -0.2) is 23.4 Å². The second-order valence-corrected chi connectivity index (χ2v) is 7.60. The number of hydrogen-bond acceptors (Lipinski definition) is 3. The maximum atomic E-state index is 12.9. The Kier molecular flexibility index (Phi) is 2.94. The van der Waals surface area contributed by atoms with Crippen LogP contribution in [0.25, 0.3) is 0 Å². The first-order valence-corrected chi connectivity index (χ1v) is 9.06. The zero-order valence-electron chi connectivity index (χ0n) is 13.8. The van der Waals surface area contributed by atoms with Crippen molar-refractivity contribution < 1.29 is 9.59 Å². The fourth-order valence-electron chi connectivity index (χ4n) is 5.34. The van der Waals surface area contributed by atoms with Crippen LogP contribution in [-0.2, 0) is 16.0 Å². The first-order valence-electron chi connectivity index (χ1n) is 9.06. The summed E-state index contributed by atoms with van der Waals surface area (Å²) in [6.07, 6.45) is 6.56. The maximum Gasteiger partial charge on any atom is 0.235 e. The minimum Gasteiger partial charge on any atom is -0.367 e. The van der Waals surface area contributed by atoms with Gasteiger partial charge < -0.3 is 5.32 Å². The van der Waals surface area contributed by atoms with E-state index in [9.17, 15) is 9.59 Å². The molecule has 124 valence electrons. The molecule has 4 aliphatic carbocycles. The van der Waals surface area contributed by atoms with E-state index in [0.29, 0.717) is 23.7 Å².